The van der Waals surface area contributed by atoms with E-state index in [2.05, 4.69) is 9.97 Å². The van der Waals surface area contributed by atoms with Gasteiger partial charge in [-0.2, -0.15) is 13.2 Å². The lowest BCUT2D eigenvalue weighted by Crippen LogP contribution is -2.24. The maximum Gasteiger partial charge on any atom is 0.433 e. The summed E-state index contributed by atoms with van der Waals surface area (Å²) in [6.45, 7) is 5.74. The molecule has 0 saturated heterocycles. The normalized spacial score (nSPS) is 14.8. The molecule has 0 amide bonds. The van der Waals surface area contributed by atoms with Gasteiger partial charge in [-0.1, -0.05) is 20.8 Å². The van der Waals surface area contributed by atoms with Gasteiger partial charge in [0.05, 0.1) is 0 Å². The number of alkyl halides is 4. The van der Waals surface area contributed by atoms with Crippen LogP contribution in [-0.2, 0) is 12.6 Å². The summed E-state index contributed by atoms with van der Waals surface area (Å²) < 4.78 is 37.2. The highest BCUT2D eigenvalue weighted by molar-refractivity contribution is 6.21. The Bertz CT molecular complexity index is 385. The molecular formula is C11H14ClF3N2. The zero-order valence-corrected chi connectivity index (χ0v) is 10.6. The number of nitrogens with zero attached hydrogens (tertiary/aromatic N) is 2. The molecule has 96 valence electrons. The van der Waals surface area contributed by atoms with Gasteiger partial charge in [0.25, 0.3) is 0 Å². The molecule has 0 fully saturated rings. The Morgan fingerprint density at radius 2 is 1.88 bits per heavy atom. The minimum Gasteiger partial charge on any atom is -0.241 e. The van der Waals surface area contributed by atoms with E-state index in [1.807, 2.05) is 20.8 Å². The lowest BCUT2D eigenvalue weighted by Gasteiger charge is -2.24. The van der Waals surface area contributed by atoms with Gasteiger partial charge in [-0.25, -0.2) is 9.97 Å². The molecule has 0 aliphatic heterocycles. The van der Waals surface area contributed by atoms with Crippen LogP contribution in [0.25, 0.3) is 0 Å². The third kappa shape index (κ3) is 4.15. The first-order valence-electron chi connectivity index (χ1n) is 5.14. The van der Waals surface area contributed by atoms with Gasteiger partial charge in [-0.05, 0) is 11.5 Å². The quantitative estimate of drug-likeness (QED) is 0.763. The van der Waals surface area contributed by atoms with E-state index in [0.29, 0.717) is 0 Å². The fraction of sp³-hybridized carbons (Fsp3) is 0.636. The van der Waals surface area contributed by atoms with Crippen LogP contribution >= 0.6 is 11.6 Å². The van der Waals surface area contributed by atoms with Crippen molar-refractivity contribution in [3.8, 4) is 0 Å². The van der Waals surface area contributed by atoms with E-state index in [0.717, 1.165) is 12.3 Å². The van der Waals surface area contributed by atoms with Crippen LogP contribution in [0.4, 0.5) is 13.2 Å². The van der Waals surface area contributed by atoms with Crippen LogP contribution in [0, 0.1) is 5.41 Å². The highest BCUT2D eigenvalue weighted by atomic mass is 35.5. The zero-order valence-electron chi connectivity index (χ0n) is 9.85. The number of aromatic nitrogens is 2. The number of halogens is 4. The van der Waals surface area contributed by atoms with Crippen molar-refractivity contribution < 1.29 is 13.2 Å². The first kappa shape index (κ1) is 14.2. The topological polar surface area (TPSA) is 25.8 Å². The molecular weight excluding hydrogens is 253 g/mol. The Morgan fingerprint density at radius 1 is 1.29 bits per heavy atom. The molecule has 1 rings (SSSR count). The van der Waals surface area contributed by atoms with Crippen molar-refractivity contribution in [2.45, 2.75) is 38.7 Å². The van der Waals surface area contributed by atoms with E-state index in [9.17, 15) is 13.2 Å². The van der Waals surface area contributed by atoms with Crippen molar-refractivity contribution in [3.63, 3.8) is 0 Å². The summed E-state index contributed by atoms with van der Waals surface area (Å²) in [4.78, 5) is 7.29. The highest BCUT2D eigenvalue weighted by Gasteiger charge is 2.33. The molecule has 0 aliphatic rings. The molecule has 1 heterocycles. The molecule has 1 unspecified atom stereocenters. The van der Waals surface area contributed by atoms with Gasteiger partial charge in [0.15, 0.2) is 0 Å². The van der Waals surface area contributed by atoms with Gasteiger partial charge in [0, 0.05) is 18.0 Å². The Hall–Kier alpha value is -0.840. The summed E-state index contributed by atoms with van der Waals surface area (Å²) in [5.41, 5.74) is -1.14. The van der Waals surface area contributed by atoms with E-state index in [4.69, 9.17) is 11.6 Å². The second-order valence-electron chi connectivity index (χ2n) is 4.89. The minimum absolute atomic E-state index is 0.120. The first-order chi connectivity index (χ1) is 7.60. The maximum atomic E-state index is 12.4. The van der Waals surface area contributed by atoms with Gasteiger partial charge in [0.2, 0.25) is 0 Å². The molecule has 1 atom stereocenters. The van der Waals surface area contributed by atoms with Crippen LogP contribution in [0.2, 0.25) is 0 Å². The fourth-order valence-corrected chi connectivity index (χ4v) is 1.26. The fourth-order valence-electron chi connectivity index (χ4n) is 1.12. The molecule has 0 spiro atoms. The highest BCUT2D eigenvalue weighted by Crippen LogP contribution is 2.29. The number of rotatable bonds is 2. The lowest BCUT2D eigenvalue weighted by molar-refractivity contribution is -0.141. The smallest absolute Gasteiger partial charge is 0.241 e. The molecule has 6 heteroatoms. The van der Waals surface area contributed by atoms with Crippen LogP contribution in [-0.4, -0.2) is 15.3 Å². The average molecular weight is 267 g/mol. The zero-order chi connectivity index (χ0) is 13.3. The van der Waals surface area contributed by atoms with Crippen LogP contribution in [0.3, 0.4) is 0 Å². The molecule has 0 aliphatic carbocycles. The van der Waals surface area contributed by atoms with Gasteiger partial charge in [-0.15, -0.1) is 11.6 Å². The van der Waals surface area contributed by atoms with Crippen LogP contribution in [0.15, 0.2) is 12.3 Å². The largest absolute Gasteiger partial charge is 0.433 e. The SMILES string of the molecule is CC(C)(C)C(Cl)Cc1nccc(C(F)(F)F)n1. The van der Waals surface area contributed by atoms with Crippen molar-refractivity contribution in [2.24, 2.45) is 5.41 Å². The average Bonchev–Trinajstić information content (AvgIpc) is 2.15. The van der Waals surface area contributed by atoms with E-state index >= 15 is 0 Å². The standard InChI is InChI=1S/C11H14ClF3N2/c1-10(2,3)7(12)6-9-16-5-4-8(17-9)11(13,14)15/h4-5,7H,6H2,1-3H3. The van der Waals surface area contributed by atoms with Gasteiger partial charge >= 0.3 is 6.18 Å². The summed E-state index contributed by atoms with van der Waals surface area (Å²) in [5.74, 6) is 0.120. The molecule has 0 bridgehead atoms. The Kier molecular flexibility index (Phi) is 4.02. The molecule has 0 aromatic carbocycles. The third-order valence-corrected chi connectivity index (χ3v) is 3.11. The summed E-state index contributed by atoms with van der Waals surface area (Å²) in [6, 6.07) is 0.851. The van der Waals surface area contributed by atoms with Crippen molar-refractivity contribution in [1.29, 1.82) is 0 Å². The van der Waals surface area contributed by atoms with Crippen LogP contribution in [0.1, 0.15) is 32.3 Å². The van der Waals surface area contributed by atoms with Gasteiger partial charge in [0.1, 0.15) is 11.5 Å². The van der Waals surface area contributed by atoms with Gasteiger partial charge < -0.3 is 0 Å². The molecule has 1 aromatic rings. The Morgan fingerprint density at radius 3 is 2.35 bits per heavy atom. The van der Waals surface area contributed by atoms with Crippen molar-refractivity contribution in [1.82, 2.24) is 9.97 Å². The van der Waals surface area contributed by atoms with Crippen LogP contribution in [0.5, 0.6) is 0 Å². The summed E-state index contributed by atoms with van der Waals surface area (Å²) >= 11 is 6.10. The Balaban J connectivity index is 2.87. The second kappa shape index (κ2) is 4.80. The predicted octanol–water partition coefficient (Wildman–Crippen LogP) is 3.69. The van der Waals surface area contributed by atoms with Crippen molar-refractivity contribution in [3.05, 3.63) is 23.8 Å². The number of hydrogen-bond donors (Lipinski definition) is 0. The molecule has 0 saturated carbocycles. The van der Waals surface area contributed by atoms with E-state index in [1.165, 1.54) is 0 Å². The number of hydrogen-bond acceptors (Lipinski definition) is 2. The maximum absolute atomic E-state index is 12.4. The lowest BCUT2D eigenvalue weighted by atomic mass is 9.90. The van der Waals surface area contributed by atoms with Crippen LogP contribution < -0.4 is 0 Å². The van der Waals surface area contributed by atoms with E-state index in [1.54, 1.807) is 0 Å². The third-order valence-electron chi connectivity index (χ3n) is 2.30. The second-order valence-corrected chi connectivity index (χ2v) is 5.42. The first-order valence-corrected chi connectivity index (χ1v) is 5.57. The molecule has 2 nitrogen and oxygen atoms in total. The minimum atomic E-state index is -4.44. The van der Waals surface area contributed by atoms with Crippen molar-refractivity contribution >= 4 is 11.6 Å². The summed E-state index contributed by atoms with van der Waals surface area (Å²) in [6.07, 6.45) is -3.12. The van der Waals surface area contributed by atoms with Crippen molar-refractivity contribution in [2.75, 3.05) is 0 Å². The summed E-state index contributed by atoms with van der Waals surface area (Å²) in [5, 5.41) is -0.314. The van der Waals surface area contributed by atoms with E-state index in [-0.39, 0.29) is 23.0 Å². The molecule has 17 heavy (non-hydrogen) atoms. The van der Waals surface area contributed by atoms with Gasteiger partial charge in [-0.3, -0.25) is 0 Å². The Labute approximate surface area is 103 Å². The monoisotopic (exact) mass is 266 g/mol. The predicted molar refractivity (Wildman–Crippen MR) is 59.8 cm³/mol. The molecule has 1 aromatic heterocycles. The molecule has 0 N–H and O–H groups in total. The van der Waals surface area contributed by atoms with E-state index < -0.39 is 11.9 Å². The molecule has 0 radical (unpaired) electrons. The summed E-state index contributed by atoms with van der Waals surface area (Å²) in [7, 11) is 0.